The molecule has 0 aliphatic rings. The summed E-state index contributed by atoms with van der Waals surface area (Å²) in [6.07, 6.45) is 1.62. The zero-order chi connectivity index (χ0) is 17.9. The highest BCUT2D eigenvalue weighted by atomic mass is 16.3. The van der Waals surface area contributed by atoms with E-state index in [4.69, 9.17) is 9.40 Å². The Bertz CT molecular complexity index is 1070. The Balaban J connectivity index is 1.79. The van der Waals surface area contributed by atoms with Gasteiger partial charge in [0.05, 0.1) is 17.5 Å². The zero-order valence-electron chi connectivity index (χ0n) is 14.6. The standard InChI is InChI=1S/C21H18N4O/c1-14-10-11-18-17(13-14)20(16-7-4-3-5-8-16)23-21(22-18)25-24-15(2)19-9-6-12-26-19/h3-13H,1-2H3,(H,22,23,25)/b24-15+. The van der Waals surface area contributed by atoms with Gasteiger partial charge in [-0.3, -0.25) is 0 Å². The van der Waals surface area contributed by atoms with E-state index in [1.165, 1.54) is 5.56 Å². The molecule has 4 aromatic rings. The van der Waals surface area contributed by atoms with E-state index in [9.17, 15) is 0 Å². The molecule has 0 saturated carbocycles. The van der Waals surface area contributed by atoms with E-state index in [0.717, 1.165) is 27.9 Å². The van der Waals surface area contributed by atoms with Gasteiger partial charge in [-0.1, -0.05) is 42.0 Å². The number of aryl methyl sites for hydroxylation is 1. The normalized spacial score (nSPS) is 11.7. The molecule has 2 heterocycles. The molecule has 128 valence electrons. The fourth-order valence-electron chi connectivity index (χ4n) is 2.78. The average molecular weight is 342 g/mol. The van der Waals surface area contributed by atoms with Crippen molar-refractivity contribution < 1.29 is 4.42 Å². The lowest BCUT2D eigenvalue weighted by Gasteiger charge is -2.09. The van der Waals surface area contributed by atoms with Gasteiger partial charge in [0, 0.05) is 10.9 Å². The minimum atomic E-state index is 0.450. The summed E-state index contributed by atoms with van der Waals surface area (Å²) >= 11 is 0. The summed E-state index contributed by atoms with van der Waals surface area (Å²) in [6.45, 7) is 3.94. The van der Waals surface area contributed by atoms with Crippen LogP contribution in [0.3, 0.4) is 0 Å². The van der Waals surface area contributed by atoms with Crippen molar-refractivity contribution in [3.05, 3.63) is 78.3 Å². The maximum Gasteiger partial charge on any atom is 0.244 e. The number of nitrogens with one attached hydrogen (secondary N) is 1. The van der Waals surface area contributed by atoms with Crippen molar-refractivity contribution in [2.75, 3.05) is 5.43 Å². The number of nitrogens with zero attached hydrogens (tertiary/aromatic N) is 3. The summed E-state index contributed by atoms with van der Waals surface area (Å²) in [5.41, 5.74) is 7.65. The first-order valence-electron chi connectivity index (χ1n) is 8.39. The van der Waals surface area contributed by atoms with Crippen molar-refractivity contribution in [1.29, 1.82) is 0 Å². The third kappa shape index (κ3) is 3.19. The van der Waals surface area contributed by atoms with Crippen molar-refractivity contribution in [2.24, 2.45) is 5.10 Å². The molecule has 26 heavy (non-hydrogen) atoms. The SMILES string of the molecule is C/C(=N\Nc1nc(-c2ccccc2)c2cc(C)ccc2n1)c1ccco1. The van der Waals surface area contributed by atoms with Gasteiger partial charge in [0.15, 0.2) is 0 Å². The van der Waals surface area contributed by atoms with E-state index in [0.29, 0.717) is 11.7 Å². The molecule has 0 aliphatic carbocycles. The van der Waals surface area contributed by atoms with E-state index < -0.39 is 0 Å². The van der Waals surface area contributed by atoms with Crippen LogP contribution in [-0.2, 0) is 0 Å². The minimum absolute atomic E-state index is 0.450. The van der Waals surface area contributed by atoms with Crippen LogP contribution >= 0.6 is 0 Å². The summed E-state index contributed by atoms with van der Waals surface area (Å²) in [5, 5.41) is 5.37. The number of hydrogen-bond donors (Lipinski definition) is 1. The molecule has 2 aromatic carbocycles. The van der Waals surface area contributed by atoms with Gasteiger partial charge in [-0.25, -0.2) is 15.4 Å². The summed E-state index contributed by atoms with van der Waals surface area (Å²) in [5.74, 6) is 1.16. The molecule has 0 bridgehead atoms. The maximum absolute atomic E-state index is 5.35. The number of hydrogen-bond acceptors (Lipinski definition) is 5. The van der Waals surface area contributed by atoms with Gasteiger partial charge in [0.25, 0.3) is 0 Å². The van der Waals surface area contributed by atoms with Crippen LogP contribution in [0.2, 0.25) is 0 Å². The second-order valence-corrected chi connectivity index (χ2v) is 6.07. The van der Waals surface area contributed by atoms with E-state index in [-0.39, 0.29) is 0 Å². The second kappa shape index (κ2) is 6.80. The van der Waals surface area contributed by atoms with Crippen molar-refractivity contribution in [2.45, 2.75) is 13.8 Å². The highest BCUT2D eigenvalue weighted by molar-refractivity contribution is 5.97. The van der Waals surface area contributed by atoms with Crippen LogP contribution in [0.1, 0.15) is 18.2 Å². The molecule has 0 atom stereocenters. The fourth-order valence-corrected chi connectivity index (χ4v) is 2.78. The monoisotopic (exact) mass is 342 g/mol. The summed E-state index contributed by atoms with van der Waals surface area (Å²) in [4.78, 5) is 9.30. The zero-order valence-corrected chi connectivity index (χ0v) is 14.6. The number of fused-ring (bicyclic) bond motifs is 1. The first-order valence-corrected chi connectivity index (χ1v) is 8.39. The van der Waals surface area contributed by atoms with Gasteiger partial charge < -0.3 is 4.42 Å². The predicted octanol–water partition coefficient (Wildman–Crippen LogP) is 5.03. The summed E-state index contributed by atoms with van der Waals surface area (Å²) in [7, 11) is 0. The Hall–Kier alpha value is -3.47. The quantitative estimate of drug-likeness (QED) is 0.417. The number of anilines is 1. The van der Waals surface area contributed by atoms with Crippen molar-refractivity contribution >= 4 is 22.6 Å². The van der Waals surface area contributed by atoms with Gasteiger partial charge >= 0.3 is 0 Å². The van der Waals surface area contributed by atoms with Gasteiger partial charge in [0.1, 0.15) is 11.5 Å². The van der Waals surface area contributed by atoms with Crippen molar-refractivity contribution in [3.8, 4) is 11.3 Å². The smallest absolute Gasteiger partial charge is 0.244 e. The highest BCUT2D eigenvalue weighted by Gasteiger charge is 2.10. The summed E-state index contributed by atoms with van der Waals surface area (Å²) in [6, 6.07) is 20.0. The van der Waals surface area contributed by atoms with Gasteiger partial charge in [0.2, 0.25) is 5.95 Å². The number of hydrazone groups is 1. The van der Waals surface area contributed by atoms with Crippen LogP contribution in [0.4, 0.5) is 5.95 Å². The topological polar surface area (TPSA) is 63.3 Å². The van der Waals surface area contributed by atoms with E-state index in [1.54, 1.807) is 6.26 Å². The lowest BCUT2D eigenvalue weighted by molar-refractivity contribution is 0.557. The van der Waals surface area contributed by atoms with Crippen molar-refractivity contribution in [3.63, 3.8) is 0 Å². The van der Waals surface area contributed by atoms with E-state index in [1.807, 2.05) is 61.5 Å². The molecule has 0 saturated heterocycles. The van der Waals surface area contributed by atoms with Gasteiger partial charge in [-0.2, -0.15) is 5.10 Å². The molecule has 0 spiro atoms. The largest absolute Gasteiger partial charge is 0.463 e. The van der Waals surface area contributed by atoms with Gasteiger partial charge in [-0.05, 0) is 38.1 Å². The maximum atomic E-state index is 5.35. The minimum Gasteiger partial charge on any atom is -0.463 e. The molecule has 0 radical (unpaired) electrons. The second-order valence-electron chi connectivity index (χ2n) is 6.07. The Labute approximate surface area is 151 Å². The Morgan fingerprint density at radius 3 is 2.62 bits per heavy atom. The molecule has 0 aliphatic heterocycles. The lowest BCUT2D eigenvalue weighted by Crippen LogP contribution is -2.03. The number of furan rings is 1. The molecule has 5 heteroatoms. The number of aromatic nitrogens is 2. The Morgan fingerprint density at radius 2 is 1.85 bits per heavy atom. The molecule has 0 amide bonds. The molecule has 5 nitrogen and oxygen atoms in total. The molecule has 0 fully saturated rings. The van der Waals surface area contributed by atoms with Gasteiger partial charge in [-0.15, -0.1) is 0 Å². The van der Waals surface area contributed by atoms with E-state index in [2.05, 4.69) is 28.5 Å². The average Bonchev–Trinajstić information content (AvgIpc) is 3.21. The molecular formula is C21H18N4O. The molecule has 4 rings (SSSR count). The van der Waals surface area contributed by atoms with Crippen LogP contribution in [0.15, 0.2) is 76.4 Å². The lowest BCUT2D eigenvalue weighted by atomic mass is 10.0. The first kappa shape index (κ1) is 16.0. The summed E-state index contributed by atoms with van der Waals surface area (Å²) < 4.78 is 5.35. The Kier molecular flexibility index (Phi) is 4.19. The van der Waals surface area contributed by atoms with Crippen LogP contribution in [0.25, 0.3) is 22.2 Å². The van der Waals surface area contributed by atoms with Crippen molar-refractivity contribution in [1.82, 2.24) is 9.97 Å². The van der Waals surface area contributed by atoms with E-state index >= 15 is 0 Å². The third-order valence-electron chi connectivity index (χ3n) is 4.10. The number of benzene rings is 2. The molecule has 0 unspecified atom stereocenters. The van der Waals surface area contributed by atoms with Crippen LogP contribution in [-0.4, -0.2) is 15.7 Å². The first-order chi connectivity index (χ1) is 12.7. The predicted molar refractivity (Wildman–Crippen MR) is 104 cm³/mol. The van der Waals surface area contributed by atoms with Crippen LogP contribution in [0, 0.1) is 6.92 Å². The molecule has 2 aromatic heterocycles. The van der Waals surface area contributed by atoms with Crippen LogP contribution in [0.5, 0.6) is 0 Å². The number of rotatable bonds is 4. The van der Waals surface area contributed by atoms with Crippen LogP contribution < -0.4 is 5.43 Å². The molecule has 1 N–H and O–H groups in total. The fraction of sp³-hybridized carbons (Fsp3) is 0.0952. The molecular weight excluding hydrogens is 324 g/mol. The Morgan fingerprint density at radius 1 is 1.00 bits per heavy atom. The highest BCUT2D eigenvalue weighted by Crippen LogP contribution is 2.28. The third-order valence-corrected chi connectivity index (χ3v) is 4.10.